The molecule has 0 unspecified atom stereocenters. The van der Waals surface area contributed by atoms with Crippen LogP contribution in [0, 0.1) is 24.0 Å². The van der Waals surface area contributed by atoms with Gasteiger partial charge in [-0.1, -0.05) is 29.8 Å². The van der Waals surface area contributed by atoms with Crippen molar-refractivity contribution in [1.82, 2.24) is 9.78 Å². The van der Waals surface area contributed by atoms with E-state index in [-0.39, 0.29) is 34.8 Å². The van der Waals surface area contributed by atoms with Crippen molar-refractivity contribution in [2.45, 2.75) is 20.6 Å². The number of amides is 1. The van der Waals surface area contributed by atoms with Gasteiger partial charge in [0.25, 0.3) is 11.6 Å². The van der Waals surface area contributed by atoms with Crippen molar-refractivity contribution in [3.63, 3.8) is 0 Å². The molecule has 0 radical (unpaired) electrons. The summed E-state index contributed by atoms with van der Waals surface area (Å²) >= 11 is 5.99. The average molecular weight is 401 g/mol. The summed E-state index contributed by atoms with van der Waals surface area (Å²) in [6, 6.07) is 11.3. The molecule has 0 fully saturated rings. The summed E-state index contributed by atoms with van der Waals surface area (Å²) in [5.74, 6) is -0.0474. The molecule has 1 heterocycles. The minimum absolute atomic E-state index is 0.00575. The predicted octanol–water partition coefficient (Wildman–Crippen LogP) is 4.35. The highest BCUT2D eigenvalue weighted by Gasteiger charge is 2.14. The molecule has 0 aliphatic heterocycles. The number of carbonyl (C=O) groups is 1. The van der Waals surface area contributed by atoms with E-state index in [1.54, 1.807) is 12.3 Å². The number of carbonyl (C=O) groups excluding carboxylic acids is 1. The zero-order valence-corrected chi connectivity index (χ0v) is 15.9. The molecule has 8 nitrogen and oxygen atoms in total. The SMILES string of the molecule is Cc1cccc(C)c1NC(=O)c1ccn(COc2ccc([N+](=O)[O-])cc2Cl)n1. The van der Waals surface area contributed by atoms with Crippen molar-refractivity contribution in [2.24, 2.45) is 0 Å². The zero-order valence-electron chi connectivity index (χ0n) is 15.2. The maximum absolute atomic E-state index is 12.4. The quantitative estimate of drug-likeness (QED) is 0.489. The van der Waals surface area contributed by atoms with Gasteiger partial charge >= 0.3 is 0 Å². The molecule has 3 rings (SSSR count). The number of rotatable bonds is 6. The number of aromatic nitrogens is 2. The highest BCUT2D eigenvalue weighted by molar-refractivity contribution is 6.32. The second kappa shape index (κ2) is 8.10. The molecule has 0 saturated carbocycles. The Morgan fingerprint density at radius 2 is 1.96 bits per heavy atom. The molecule has 1 aromatic heterocycles. The number of nitro groups is 1. The van der Waals surface area contributed by atoms with E-state index in [2.05, 4.69) is 10.4 Å². The Hall–Kier alpha value is -3.39. The van der Waals surface area contributed by atoms with Crippen LogP contribution in [0.15, 0.2) is 48.7 Å². The number of hydrogen-bond acceptors (Lipinski definition) is 5. The first kappa shape index (κ1) is 19.4. The molecule has 1 N–H and O–H groups in total. The first-order valence-electron chi connectivity index (χ1n) is 8.33. The number of ether oxygens (including phenoxy) is 1. The third-order valence-corrected chi connectivity index (χ3v) is 4.37. The van der Waals surface area contributed by atoms with Crippen molar-refractivity contribution in [2.75, 3.05) is 5.32 Å². The topological polar surface area (TPSA) is 99.3 Å². The largest absolute Gasteiger partial charge is 0.470 e. The van der Waals surface area contributed by atoms with Gasteiger partial charge in [0.2, 0.25) is 0 Å². The number of halogens is 1. The van der Waals surface area contributed by atoms with Crippen LogP contribution < -0.4 is 10.1 Å². The fourth-order valence-electron chi connectivity index (χ4n) is 2.60. The van der Waals surface area contributed by atoms with Gasteiger partial charge in [-0.2, -0.15) is 5.10 Å². The van der Waals surface area contributed by atoms with Gasteiger partial charge in [0, 0.05) is 24.0 Å². The van der Waals surface area contributed by atoms with Gasteiger partial charge in [-0.3, -0.25) is 14.9 Å². The molecular weight excluding hydrogens is 384 g/mol. The number of aryl methyl sites for hydroxylation is 2. The van der Waals surface area contributed by atoms with E-state index >= 15 is 0 Å². The van der Waals surface area contributed by atoms with Gasteiger partial charge in [-0.15, -0.1) is 0 Å². The average Bonchev–Trinajstić information content (AvgIpc) is 3.12. The monoisotopic (exact) mass is 400 g/mol. The van der Waals surface area contributed by atoms with Crippen molar-refractivity contribution < 1.29 is 14.5 Å². The van der Waals surface area contributed by atoms with Crippen LogP contribution in [0.5, 0.6) is 5.75 Å². The number of hydrogen-bond donors (Lipinski definition) is 1. The predicted molar refractivity (Wildman–Crippen MR) is 105 cm³/mol. The number of non-ortho nitro benzene ring substituents is 1. The summed E-state index contributed by atoms with van der Waals surface area (Å²) < 4.78 is 6.95. The van der Waals surface area contributed by atoms with Gasteiger partial charge in [-0.05, 0) is 37.1 Å². The van der Waals surface area contributed by atoms with Gasteiger partial charge in [0.1, 0.15) is 5.75 Å². The highest BCUT2D eigenvalue weighted by atomic mass is 35.5. The molecule has 1 amide bonds. The van der Waals surface area contributed by atoms with Crippen molar-refractivity contribution >= 4 is 28.9 Å². The van der Waals surface area contributed by atoms with E-state index in [0.29, 0.717) is 0 Å². The first-order valence-corrected chi connectivity index (χ1v) is 8.70. The molecule has 0 atom stereocenters. The van der Waals surface area contributed by atoms with Crippen molar-refractivity contribution in [3.8, 4) is 5.75 Å². The molecule has 2 aromatic carbocycles. The Bertz CT molecular complexity index is 1030. The summed E-state index contributed by atoms with van der Waals surface area (Å²) in [7, 11) is 0. The molecular formula is C19H17ClN4O4. The molecule has 144 valence electrons. The fourth-order valence-corrected chi connectivity index (χ4v) is 2.83. The Kier molecular flexibility index (Phi) is 5.60. The third-order valence-electron chi connectivity index (χ3n) is 4.07. The molecule has 0 bridgehead atoms. The minimum Gasteiger partial charge on any atom is -0.470 e. The molecule has 0 aliphatic rings. The molecule has 0 spiro atoms. The minimum atomic E-state index is -0.537. The second-order valence-corrected chi connectivity index (χ2v) is 6.51. The van der Waals surface area contributed by atoms with Crippen LogP contribution in [-0.2, 0) is 6.73 Å². The lowest BCUT2D eigenvalue weighted by molar-refractivity contribution is -0.384. The van der Waals surface area contributed by atoms with Crippen LogP contribution in [0.2, 0.25) is 5.02 Å². The van der Waals surface area contributed by atoms with E-state index in [4.69, 9.17) is 16.3 Å². The van der Waals surface area contributed by atoms with E-state index in [0.717, 1.165) is 16.8 Å². The number of nitrogens with zero attached hydrogens (tertiary/aromatic N) is 3. The number of benzene rings is 2. The van der Waals surface area contributed by atoms with Crippen molar-refractivity contribution in [3.05, 3.63) is 80.6 Å². The lowest BCUT2D eigenvalue weighted by atomic mass is 10.1. The van der Waals surface area contributed by atoms with E-state index in [9.17, 15) is 14.9 Å². The van der Waals surface area contributed by atoms with Gasteiger partial charge in [-0.25, -0.2) is 4.68 Å². The van der Waals surface area contributed by atoms with Crippen LogP contribution in [0.1, 0.15) is 21.6 Å². The summed E-state index contributed by atoms with van der Waals surface area (Å²) in [5, 5.41) is 17.9. The van der Waals surface area contributed by atoms with Crippen LogP contribution >= 0.6 is 11.6 Å². The van der Waals surface area contributed by atoms with Gasteiger partial charge in [0.15, 0.2) is 12.4 Å². The molecule has 0 saturated heterocycles. The molecule has 3 aromatic rings. The molecule has 9 heteroatoms. The van der Waals surface area contributed by atoms with Crippen LogP contribution in [-0.4, -0.2) is 20.6 Å². The summed E-state index contributed by atoms with van der Waals surface area (Å²) in [5.41, 5.74) is 2.80. The fraction of sp³-hybridized carbons (Fsp3) is 0.158. The van der Waals surface area contributed by atoms with E-state index in [1.807, 2.05) is 32.0 Å². The highest BCUT2D eigenvalue weighted by Crippen LogP contribution is 2.28. The standard InChI is InChI=1S/C19H17ClN4O4/c1-12-4-3-5-13(2)18(12)21-19(25)16-8-9-23(22-16)11-28-17-7-6-14(24(26)27)10-15(17)20/h3-10H,11H2,1-2H3,(H,21,25). The van der Waals surface area contributed by atoms with Crippen LogP contribution in [0.3, 0.4) is 0 Å². The van der Waals surface area contributed by atoms with Crippen LogP contribution in [0.4, 0.5) is 11.4 Å². The number of nitro benzene ring substituents is 1. The molecule has 0 aliphatic carbocycles. The second-order valence-electron chi connectivity index (χ2n) is 6.11. The van der Waals surface area contributed by atoms with Crippen molar-refractivity contribution in [1.29, 1.82) is 0 Å². The lowest BCUT2D eigenvalue weighted by Gasteiger charge is -2.10. The maximum atomic E-state index is 12.4. The zero-order chi connectivity index (χ0) is 20.3. The normalized spacial score (nSPS) is 10.5. The Balaban J connectivity index is 1.66. The van der Waals surface area contributed by atoms with E-state index in [1.165, 1.54) is 22.9 Å². The Morgan fingerprint density at radius 1 is 1.25 bits per heavy atom. The smallest absolute Gasteiger partial charge is 0.276 e. The first-order chi connectivity index (χ1) is 13.3. The summed E-state index contributed by atoms with van der Waals surface area (Å²) in [6.45, 7) is 3.83. The van der Waals surface area contributed by atoms with E-state index < -0.39 is 4.92 Å². The van der Waals surface area contributed by atoms with Crippen LogP contribution in [0.25, 0.3) is 0 Å². The van der Waals surface area contributed by atoms with Gasteiger partial charge in [0.05, 0.1) is 9.95 Å². The summed E-state index contributed by atoms with van der Waals surface area (Å²) in [4.78, 5) is 22.6. The number of anilines is 1. The van der Waals surface area contributed by atoms with Gasteiger partial charge < -0.3 is 10.1 Å². The number of nitrogens with one attached hydrogen (secondary N) is 1. The summed E-state index contributed by atoms with van der Waals surface area (Å²) in [6.07, 6.45) is 1.60. The molecule has 28 heavy (non-hydrogen) atoms. The Morgan fingerprint density at radius 3 is 2.61 bits per heavy atom. The Labute approximate surface area is 165 Å². The third kappa shape index (κ3) is 4.29. The maximum Gasteiger partial charge on any atom is 0.276 e. The lowest BCUT2D eigenvalue weighted by Crippen LogP contribution is -2.15. The number of para-hydroxylation sites is 1.